The molecule has 106 valence electrons. The van der Waals surface area contributed by atoms with Crippen molar-refractivity contribution in [3.05, 3.63) is 11.6 Å². The SMILES string of the molecule is Cc1nnc(CCC2CCCCN2)n1C1CCCC1. The standard InChI is InChI=1S/C15H26N4/c1-12-17-18-15(19(12)14-7-2-3-8-14)10-9-13-6-4-5-11-16-13/h13-14,16H,2-11H2,1H3. The second-order valence-electron chi connectivity index (χ2n) is 6.16. The van der Waals surface area contributed by atoms with Crippen LogP contribution >= 0.6 is 0 Å². The van der Waals surface area contributed by atoms with Gasteiger partial charge in [-0.05, 0) is 45.6 Å². The minimum absolute atomic E-state index is 0.671. The highest BCUT2D eigenvalue weighted by Crippen LogP contribution is 2.31. The van der Waals surface area contributed by atoms with Crippen LogP contribution in [0.15, 0.2) is 0 Å². The van der Waals surface area contributed by atoms with Gasteiger partial charge in [-0.25, -0.2) is 0 Å². The lowest BCUT2D eigenvalue weighted by Gasteiger charge is -2.23. The number of rotatable bonds is 4. The Morgan fingerprint density at radius 2 is 1.89 bits per heavy atom. The molecule has 0 bridgehead atoms. The second kappa shape index (κ2) is 6.04. The summed E-state index contributed by atoms with van der Waals surface area (Å²) in [4.78, 5) is 0. The van der Waals surface area contributed by atoms with Gasteiger partial charge in [-0.3, -0.25) is 0 Å². The van der Waals surface area contributed by atoms with Gasteiger partial charge >= 0.3 is 0 Å². The van der Waals surface area contributed by atoms with Crippen LogP contribution in [0.25, 0.3) is 0 Å². The van der Waals surface area contributed by atoms with E-state index in [1.807, 2.05) is 0 Å². The van der Waals surface area contributed by atoms with E-state index in [-0.39, 0.29) is 0 Å². The predicted molar refractivity (Wildman–Crippen MR) is 76.2 cm³/mol. The summed E-state index contributed by atoms with van der Waals surface area (Å²) in [5.41, 5.74) is 0. The molecular formula is C15H26N4. The van der Waals surface area contributed by atoms with Crippen LogP contribution in [-0.4, -0.2) is 27.4 Å². The van der Waals surface area contributed by atoms with E-state index in [1.165, 1.54) is 63.7 Å². The molecule has 3 rings (SSSR count). The van der Waals surface area contributed by atoms with Gasteiger partial charge < -0.3 is 9.88 Å². The summed E-state index contributed by atoms with van der Waals surface area (Å²) in [5, 5.41) is 12.4. The Kier molecular flexibility index (Phi) is 4.16. The second-order valence-corrected chi connectivity index (χ2v) is 6.16. The van der Waals surface area contributed by atoms with Crippen molar-refractivity contribution in [2.75, 3.05) is 6.54 Å². The third-order valence-electron chi connectivity index (χ3n) is 4.76. The summed E-state index contributed by atoms with van der Waals surface area (Å²) < 4.78 is 2.43. The quantitative estimate of drug-likeness (QED) is 0.907. The molecule has 0 aromatic carbocycles. The van der Waals surface area contributed by atoms with E-state index in [0.717, 1.165) is 12.2 Å². The average Bonchev–Trinajstić information content (AvgIpc) is 3.07. The molecule has 0 amide bonds. The van der Waals surface area contributed by atoms with Crippen LogP contribution in [0.2, 0.25) is 0 Å². The van der Waals surface area contributed by atoms with Crippen LogP contribution in [0.1, 0.15) is 69.1 Å². The summed E-state index contributed by atoms with van der Waals surface area (Å²) in [6.07, 6.45) is 11.7. The van der Waals surface area contributed by atoms with Gasteiger partial charge in [0.2, 0.25) is 0 Å². The van der Waals surface area contributed by atoms with Gasteiger partial charge in [0.05, 0.1) is 0 Å². The molecule has 1 aliphatic heterocycles. The molecule has 1 aromatic rings. The first-order valence-electron chi connectivity index (χ1n) is 7.98. The summed E-state index contributed by atoms with van der Waals surface area (Å²) in [6.45, 7) is 3.30. The number of aryl methyl sites for hydroxylation is 2. The molecule has 1 N–H and O–H groups in total. The van der Waals surface area contributed by atoms with Crippen molar-refractivity contribution in [3.63, 3.8) is 0 Å². The predicted octanol–water partition coefficient (Wildman–Crippen LogP) is 2.78. The number of nitrogens with one attached hydrogen (secondary N) is 1. The number of aromatic nitrogens is 3. The van der Waals surface area contributed by atoms with Crippen molar-refractivity contribution in [2.45, 2.75) is 76.8 Å². The normalized spacial score (nSPS) is 25.0. The first-order chi connectivity index (χ1) is 9.34. The first kappa shape index (κ1) is 13.1. The molecule has 0 radical (unpaired) electrons. The minimum atomic E-state index is 0.671. The number of nitrogens with zero attached hydrogens (tertiary/aromatic N) is 3. The third kappa shape index (κ3) is 2.99. The van der Waals surface area contributed by atoms with Gasteiger partial charge in [0.1, 0.15) is 11.6 Å². The Labute approximate surface area is 116 Å². The molecule has 1 aliphatic carbocycles. The largest absolute Gasteiger partial charge is 0.314 e. The molecule has 1 unspecified atom stereocenters. The van der Waals surface area contributed by atoms with E-state index in [1.54, 1.807) is 0 Å². The first-order valence-corrected chi connectivity index (χ1v) is 7.98. The van der Waals surface area contributed by atoms with Crippen LogP contribution in [0, 0.1) is 6.92 Å². The molecule has 2 heterocycles. The molecule has 1 saturated heterocycles. The Morgan fingerprint density at radius 1 is 1.11 bits per heavy atom. The lowest BCUT2D eigenvalue weighted by atomic mass is 10.0. The van der Waals surface area contributed by atoms with Crippen LogP contribution in [0.5, 0.6) is 0 Å². The molecule has 2 aliphatic rings. The van der Waals surface area contributed by atoms with Crippen molar-refractivity contribution < 1.29 is 0 Å². The van der Waals surface area contributed by atoms with Crippen LogP contribution in [-0.2, 0) is 6.42 Å². The Hall–Kier alpha value is -0.900. The lowest BCUT2D eigenvalue weighted by molar-refractivity contribution is 0.375. The lowest BCUT2D eigenvalue weighted by Crippen LogP contribution is -2.34. The van der Waals surface area contributed by atoms with Crippen molar-refractivity contribution in [1.82, 2.24) is 20.1 Å². The van der Waals surface area contributed by atoms with Crippen LogP contribution in [0.4, 0.5) is 0 Å². The van der Waals surface area contributed by atoms with Gasteiger partial charge in [-0.15, -0.1) is 10.2 Å². The highest BCUT2D eigenvalue weighted by molar-refractivity contribution is 4.99. The molecule has 4 nitrogen and oxygen atoms in total. The molecule has 1 aromatic heterocycles. The van der Waals surface area contributed by atoms with Crippen molar-refractivity contribution in [2.24, 2.45) is 0 Å². The van der Waals surface area contributed by atoms with E-state index in [4.69, 9.17) is 0 Å². The van der Waals surface area contributed by atoms with Gasteiger partial charge in [0.25, 0.3) is 0 Å². The van der Waals surface area contributed by atoms with E-state index in [0.29, 0.717) is 12.1 Å². The van der Waals surface area contributed by atoms with Gasteiger partial charge in [-0.1, -0.05) is 19.3 Å². The van der Waals surface area contributed by atoms with Gasteiger partial charge in [0.15, 0.2) is 0 Å². The van der Waals surface area contributed by atoms with E-state index < -0.39 is 0 Å². The minimum Gasteiger partial charge on any atom is -0.314 e. The van der Waals surface area contributed by atoms with Crippen molar-refractivity contribution in [3.8, 4) is 0 Å². The maximum atomic E-state index is 4.43. The molecule has 19 heavy (non-hydrogen) atoms. The van der Waals surface area contributed by atoms with Crippen LogP contribution < -0.4 is 5.32 Å². The van der Waals surface area contributed by atoms with Crippen LogP contribution in [0.3, 0.4) is 0 Å². The molecule has 2 fully saturated rings. The fourth-order valence-corrected chi connectivity index (χ4v) is 3.69. The number of hydrogen-bond acceptors (Lipinski definition) is 3. The van der Waals surface area contributed by atoms with Gasteiger partial charge in [0, 0.05) is 18.5 Å². The zero-order valence-corrected chi connectivity index (χ0v) is 12.1. The monoisotopic (exact) mass is 262 g/mol. The van der Waals surface area contributed by atoms with Gasteiger partial charge in [-0.2, -0.15) is 0 Å². The Balaban J connectivity index is 1.63. The summed E-state index contributed by atoms with van der Waals surface area (Å²) in [6, 6.07) is 1.37. The summed E-state index contributed by atoms with van der Waals surface area (Å²) in [7, 11) is 0. The zero-order chi connectivity index (χ0) is 13.1. The average molecular weight is 262 g/mol. The Morgan fingerprint density at radius 3 is 2.63 bits per heavy atom. The van der Waals surface area contributed by atoms with E-state index >= 15 is 0 Å². The van der Waals surface area contributed by atoms with E-state index in [2.05, 4.69) is 27.0 Å². The molecular weight excluding hydrogens is 236 g/mol. The third-order valence-corrected chi connectivity index (χ3v) is 4.76. The fraction of sp³-hybridized carbons (Fsp3) is 0.867. The maximum Gasteiger partial charge on any atom is 0.133 e. The Bertz CT molecular complexity index is 400. The molecule has 1 atom stereocenters. The van der Waals surface area contributed by atoms with Crippen molar-refractivity contribution in [1.29, 1.82) is 0 Å². The topological polar surface area (TPSA) is 42.7 Å². The summed E-state index contributed by atoms with van der Waals surface area (Å²) in [5.74, 6) is 2.33. The number of hydrogen-bond donors (Lipinski definition) is 1. The highest BCUT2D eigenvalue weighted by Gasteiger charge is 2.22. The number of piperidine rings is 1. The molecule has 0 spiro atoms. The maximum absolute atomic E-state index is 4.43. The highest BCUT2D eigenvalue weighted by atomic mass is 15.3. The fourth-order valence-electron chi connectivity index (χ4n) is 3.69. The zero-order valence-electron chi connectivity index (χ0n) is 12.1. The van der Waals surface area contributed by atoms with Crippen molar-refractivity contribution >= 4 is 0 Å². The smallest absolute Gasteiger partial charge is 0.133 e. The van der Waals surface area contributed by atoms with E-state index in [9.17, 15) is 0 Å². The molecule has 1 saturated carbocycles. The summed E-state index contributed by atoms with van der Waals surface area (Å²) >= 11 is 0. The molecule has 4 heteroatoms.